The maximum atomic E-state index is 13.4. The van der Waals surface area contributed by atoms with Crippen molar-refractivity contribution in [1.82, 2.24) is 4.90 Å². The summed E-state index contributed by atoms with van der Waals surface area (Å²) in [6, 6.07) is 9.11. The maximum Gasteiger partial charge on any atom is 0.410 e. The number of allylic oxidation sites excluding steroid dienone is 4. The molecule has 1 N–H and O–H groups in total. The molecule has 0 unspecified atom stereocenters. The Bertz CT molecular complexity index is 1550. The highest BCUT2D eigenvalue weighted by atomic mass is 35.5. The van der Waals surface area contributed by atoms with Gasteiger partial charge in [0, 0.05) is 30.1 Å². The van der Waals surface area contributed by atoms with Crippen LogP contribution in [0.4, 0.5) is 19.3 Å². The van der Waals surface area contributed by atoms with Crippen molar-refractivity contribution in [2.45, 2.75) is 45.4 Å². The Balaban J connectivity index is 1.94. The van der Waals surface area contributed by atoms with Gasteiger partial charge in [-0.25, -0.2) is 13.2 Å². The fourth-order valence-corrected chi connectivity index (χ4v) is 5.19. The molecule has 2 aromatic carbocycles. The second-order valence-corrected chi connectivity index (χ2v) is 12.9. The molecule has 2 aromatic rings. The Labute approximate surface area is 272 Å². The first-order valence-electron chi connectivity index (χ1n) is 13.9. The summed E-state index contributed by atoms with van der Waals surface area (Å²) >= 11 is 12.9. The van der Waals surface area contributed by atoms with E-state index in [-0.39, 0.29) is 35.2 Å². The lowest BCUT2D eigenvalue weighted by atomic mass is 9.99. The van der Waals surface area contributed by atoms with Crippen molar-refractivity contribution in [1.29, 1.82) is 0 Å². The van der Waals surface area contributed by atoms with Gasteiger partial charge in [-0.3, -0.25) is 4.72 Å². The molecule has 1 aliphatic carbocycles. The molecule has 14 heteroatoms. The van der Waals surface area contributed by atoms with Crippen LogP contribution in [0.3, 0.4) is 0 Å². The standard InChI is InChI=1S/C31H36Cl2F2N2O7S/c1-6-23(32)22(24(33)7-2)16-28(21-11-13-27(43-30(34)35)29(15-21)42-18-19-8-9-19)44-31(38)37(3)17-20-10-12-26(41-4)25(14-20)36-45(5,39)40/h6-7,10-15,19,28,30,36H,1,8-9,16-18H2,2-5H3/b23-22+,24-7+/t28-/m0/s1. The molecule has 0 spiro atoms. The summed E-state index contributed by atoms with van der Waals surface area (Å²) < 4.78 is 74.0. The number of alkyl halides is 2. The zero-order valence-corrected chi connectivity index (χ0v) is 27.6. The fraction of sp³-hybridized carbons (Fsp3) is 0.387. The number of hydrogen-bond donors (Lipinski definition) is 1. The SMILES string of the molecule is C=C/C(Cl)=C(C[C@H](OC(=O)N(C)Cc1ccc(OC)c(NS(C)(=O)=O)c1)c1ccc(OC(F)F)c(OCC2CC2)c1)\C(Cl)=C/C. The summed E-state index contributed by atoms with van der Waals surface area (Å²) in [4.78, 5) is 14.7. The summed E-state index contributed by atoms with van der Waals surface area (Å²) in [5.74, 6) is 0.556. The number of ether oxygens (including phenoxy) is 4. The van der Waals surface area contributed by atoms with Gasteiger partial charge in [0.2, 0.25) is 10.0 Å². The van der Waals surface area contributed by atoms with Crippen LogP contribution in [0.25, 0.3) is 0 Å². The Morgan fingerprint density at radius 2 is 1.84 bits per heavy atom. The topological polar surface area (TPSA) is 103 Å². The first kappa shape index (κ1) is 36.0. The van der Waals surface area contributed by atoms with E-state index in [4.69, 9.17) is 37.4 Å². The Morgan fingerprint density at radius 1 is 1.16 bits per heavy atom. The van der Waals surface area contributed by atoms with Crippen LogP contribution in [0, 0.1) is 5.92 Å². The zero-order chi connectivity index (χ0) is 33.3. The van der Waals surface area contributed by atoms with Gasteiger partial charge < -0.3 is 23.8 Å². The van der Waals surface area contributed by atoms with E-state index >= 15 is 0 Å². The van der Waals surface area contributed by atoms with Crippen LogP contribution in [0.15, 0.2) is 70.8 Å². The molecule has 1 saturated carbocycles. The number of carbonyl (C=O) groups excluding carboxylic acids is 1. The van der Waals surface area contributed by atoms with Crippen molar-refractivity contribution in [3.05, 3.63) is 81.9 Å². The van der Waals surface area contributed by atoms with Crippen molar-refractivity contribution in [3.63, 3.8) is 0 Å². The molecule has 0 bridgehead atoms. The summed E-state index contributed by atoms with van der Waals surface area (Å²) in [5, 5.41) is 0.542. The van der Waals surface area contributed by atoms with Crippen LogP contribution in [0.5, 0.6) is 17.2 Å². The third-order valence-electron chi connectivity index (χ3n) is 6.66. The summed E-state index contributed by atoms with van der Waals surface area (Å²) in [5.41, 5.74) is 1.64. The summed E-state index contributed by atoms with van der Waals surface area (Å²) in [7, 11) is -0.693. The molecular weight excluding hydrogens is 653 g/mol. The van der Waals surface area contributed by atoms with Crippen molar-refractivity contribution in [2.24, 2.45) is 5.92 Å². The predicted octanol–water partition coefficient (Wildman–Crippen LogP) is 7.98. The van der Waals surface area contributed by atoms with E-state index in [0.717, 1.165) is 19.1 Å². The van der Waals surface area contributed by atoms with E-state index in [9.17, 15) is 22.0 Å². The molecule has 1 fully saturated rings. The maximum absolute atomic E-state index is 13.4. The number of hydrogen-bond acceptors (Lipinski definition) is 7. The van der Waals surface area contributed by atoms with Gasteiger partial charge in [0.15, 0.2) is 11.5 Å². The quantitative estimate of drug-likeness (QED) is 0.178. The molecule has 45 heavy (non-hydrogen) atoms. The van der Waals surface area contributed by atoms with Crippen LogP contribution in [0.2, 0.25) is 0 Å². The van der Waals surface area contributed by atoms with Crippen molar-refractivity contribution >= 4 is 45.0 Å². The molecule has 1 atom stereocenters. The molecule has 3 rings (SSSR count). The van der Waals surface area contributed by atoms with E-state index in [1.165, 1.54) is 43.3 Å². The third kappa shape index (κ3) is 11.1. The van der Waals surface area contributed by atoms with Gasteiger partial charge >= 0.3 is 12.7 Å². The molecular formula is C31H36Cl2F2N2O7S. The summed E-state index contributed by atoms with van der Waals surface area (Å²) in [6.07, 6.45) is 4.27. The largest absolute Gasteiger partial charge is 0.495 e. The third-order valence-corrected chi connectivity index (χ3v) is 8.08. The minimum absolute atomic E-state index is 0.00961. The first-order valence-corrected chi connectivity index (χ1v) is 16.5. The van der Waals surface area contributed by atoms with Crippen molar-refractivity contribution in [3.8, 4) is 17.2 Å². The molecule has 1 amide bonds. The van der Waals surface area contributed by atoms with E-state index in [0.29, 0.717) is 40.0 Å². The highest BCUT2D eigenvalue weighted by molar-refractivity contribution is 7.92. The second kappa shape index (κ2) is 16.2. The van der Waals surface area contributed by atoms with Crippen molar-refractivity contribution in [2.75, 3.05) is 31.7 Å². The number of amides is 1. The van der Waals surface area contributed by atoms with Gasteiger partial charge in [-0.2, -0.15) is 8.78 Å². The minimum atomic E-state index is -3.60. The van der Waals surface area contributed by atoms with Gasteiger partial charge in [-0.1, -0.05) is 54.1 Å². The minimum Gasteiger partial charge on any atom is -0.495 e. The van der Waals surface area contributed by atoms with Gasteiger partial charge in [0.1, 0.15) is 11.9 Å². The molecule has 0 radical (unpaired) electrons. The number of anilines is 1. The van der Waals surface area contributed by atoms with Crippen LogP contribution in [-0.2, 0) is 21.3 Å². The lowest BCUT2D eigenvalue weighted by Gasteiger charge is -2.25. The van der Waals surface area contributed by atoms with E-state index in [1.54, 1.807) is 31.2 Å². The number of methoxy groups -OCH3 is 1. The first-order chi connectivity index (χ1) is 21.2. The second-order valence-electron chi connectivity index (χ2n) is 10.3. The van der Waals surface area contributed by atoms with E-state index in [1.807, 2.05) is 0 Å². The number of carbonyl (C=O) groups is 1. The normalized spacial score (nSPS) is 14.7. The predicted molar refractivity (Wildman–Crippen MR) is 171 cm³/mol. The summed E-state index contributed by atoms with van der Waals surface area (Å²) in [6.45, 7) is 2.72. The van der Waals surface area contributed by atoms with Gasteiger partial charge in [0.05, 0.1) is 25.7 Å². The number of nitrogens with one attached hydrogen (secondary N) is 1. The zero-order valence-electron chi connectivity index (χ0n) is 25.3. The lowest BCUT2D eigenvalue weighted by molar-refractivity contribution is -0.0515. The van der Waals surface area contributed by atoms with E-state index < -0.39 is 28.8 Å². The number of benzene rings is 2. The smallest absolute Gasteiger partial charge is 0.410 e. The molecule has 0 saturated heterocycles. The molecule has 1 aliphatic rings. The van der Waals surface area contributed by atoms with Crippen LogP contribution >= 0.6 is 23.2 Å². The van der Waals surface area contributed by atoms with Crippen LogP contribution in [0.1, 0.15) is 43.4 Å². The average molecular weight is 690 g/mol. The van der Waals surface area contributed by atoms with E-state index in [2.05, 4.69) is 16.0 Å². The molecule has 0 heterocycles. The average Bonchev–Trinajstić information content (AvgIpc) is 3.81. The van der Waals surface area contributed by atoms with Crippen molar-refractivity contribution < 1.29 is 40.9 Å². The Kier molecular flexibility index (Phi) is 13.0. The lowest BCUT2D eigenvalue weighted by Crippen LogP contribution is -2.28. The number of nitrogens with zero attached hydrogens (tertiary/aromatic N) is 1. The molecule has 9 nitrogen and oxygen atoms in total. The molecule has 246 valence electrons. The Morgan fingerprint density at radius 3 is 2.42 bits per heavy atom. The highest BCUT2D eigenvalue weighted by Gasteiger charge is 2.27. The van der Waals surface area contributed by atoms with Gasteiger partial charge in [0.25, 0.3) is 0 Å². The van der Waals surface area contributed by atoms with Crippen LogP contribution in [-0.4, -0.2) is 53.0 Å². The number of sulfonamides is 1. The monoisotopic (exact) mass is 688 g/mol. The number of rotatable bonds is 16. The van der Waals surface area contributed by atoms with Gasteiger partial charge in [-0.05, 0) is 66.6 Å². The van der Waals surface area contributed by atoms with Gasteiger partial charge in [-0.15, -0.1) is 0 Å². The molecule has 0 aliphatic heterocycles. The van der Waals surface area contributed by atoms with Crippen LogP contribution < -0.4 is 18.9 Å². The highest BCUT2D eigenvalue weighted by Crippen LogP contribution is 2.39. The molecule has 0 aromatic heterocycles. The number of halogens is 4. The Hall–Kier alpha value is -3.48. The fourth-order valence-electron chi connectivity index (χ4n) is 4.23.